The highest BCUT2D eigenvalue weighted by atomic mass is 32.2. The summed E-state index contributed by atoms with van der Waals surface area (Å²) in [6.07, 6.45) is 3.09. The molecule has 2 aromatic rings. The predicted molar refractivity (Wildman–Crippen MR) is 96.3 cm³/mol. The fourth-order valence-corrected chi connectivity index (χ4v) is 4.91. The number of hydrogen-bond donors (Lipinski definition) is 0. The van der Waals surface area contributed by atoms with Gasteiger partial charge in [0.25, 0.3) is 0 Å². The molecule has 26 heavy (non-hydrogen) atoms. The standard InChI is InChI=1S/C17H20N2O5S2/c1-13-17(4-3-10-18-13)24-14-9-11-19(12-14)26(22,23)16-7-5-15(6-8-16)25(2,20)21/h3-8,10,14H,9,11-12H2,1-2H3/t14-/m0/s1. The number of sulfonamides is 1. The number of hydrogen-bond acceptors (Lipinski definition) is 6. The van der Waals surface area contributed by atoms with Gasteiger partial charge in [0.2, 0.25) is 10.0 Å². The van der Waals surface area contributed by atoms with E-state index >= 15 is 0 Å². The zero-order valence-corrected chi connectivity index (χ0v) is 16.1. The van der Waals surface area contributed by atoms with Crippen LogP contribution in [0.25, 0.3) is 0 Å². The SMILES string of the molecule is Cc1ncccc1O[C@H]1CCN(S(=O)(=O)c2ccc(S(C)(=O)=O)cc2)C1. The van der Waals surface area contributed by atoms with E-state index in [0.29, 0.717) is 18.7 Å². The van der Waals surface area contributed by atoms with E-state index in [1.807, 2.05) is 13.0 Å². The Labute approximate surface area is 153 Å². The molecule has 0 saturated carbocycles. The Kier molecular flexibility index (Phi) is 5.05. The number of rotatable bonds is 5. The minimum atomic E-state index is -3.69. The molecule has 1 aromatic heterocycles. The van der Waals surface area contributed by atoms with Crippen molar-refractivity contribution in [2.75, 3.05) is 19.3 Å². The van der Waals surface area contributed by atoms with Gasteiger partial charge >= 0.3 is 0 Å². The van der Waals surface area contributed by atoms with Gasteiger partial charge in [0, 0.05) is 19.0 Å². The van der Waals surface area contributed by atoms with E-state index in [-0.39, 0.29) is 22.4 Å². The van der Waals surface area contributed by atoms with Crippen LogP contribution in [0.5, 0.6) is 5.75 Å². The van der Waals surface area contributed by atoms with E-state index in [1.165, 1.54) is 28.6 Å². The first-order valence-electron chi connectivity index (χ1n) is 8.06. The first-order chi connectivity index (χ1) is 12.2. The molecule has 9 heteroatoms. The number of ether oxygens (including phenoxy) is 1. The summed E-state index contributed by atoms with van der Waals surface area (Å²) in [6, 6.07) is 8.85. The van der Waals surface area contributed by atoms with Crippen LogP contribution in [0.2, 0.25) is 0 Å². The molecule has 2 heterocycles. The summed E-state index contributed by atoms with van der Waals surface area (Å²) in [6.45, 7) is 2.42. The minimum Gasteiger partial charge on any atom is -0.487 e. The summed E-state index contributed by atoms with van der Waals surface area (Å²) in [7, 11) is -7.06. The quantitative estimate of drug-likeness (QED) is 0.763. The number of sulfone groups is 1. The Hall–Kier alpha value is -1.97. The van der Waals surface area contributed by atoms with E-state index < -0.39 is 19.9 Å². The van der Waals surface area contributed by atoms with Crippen LogP contribution >= 0.6 is 0 Å². The average Bonchev–Trinajstić information content (AvgIpc) is 3.06. The third-order valence-corrected chi connectivity index (χ3v) is 7.26. The molecule has 1 aromatic carbocycles. The monoisotopic (exact) mass is 396 g/mol. The van der Waals surface area contributed by atoms with Gasteiger partial charge in [-0.05, 0) is 49.7 Å². The molecule has 1 fully saturated rings. The molecule has 0 spiro atoms. The van der Waals surface area contributed by atoms with Crippen molar-refractivity contribution in [1.82, 2.24) is 9.29 Å². The van der Waals surface area contributed by atoms with E-state index in [4.69, 9.17) is 4.74 Å². The second kappa shape index (κ2) is 6.98. The highest BCUT2D eigenvalue weighted by Gasteiger charge is 2.34. The lowest BCUT2D eigenvalue weighted by Gasteiger charge is -2.18. The number of pyridine rings is 1. The molecule has 1 atom stereocenters. The van der Waals surface area contributed by atoms with Gasteiger partial charge in [-0.1, -0.05) is 0 Å². The van der Waals surface area contributed by atoms with Gasteiger partial charge in [0.05, 0.1) is 22.0 Å². The lowest BCUT2D eigenvalue weighted by molar-refractivity contribution is 0.213. The van der Waals surface area contributed by atoms with E-state index in [9.17, 15) is 16.8 Å². The van der Waals surface area contributed by atoms with Gasteiger partial charge in [-0.3, -0.25) is 4.98 Å². The van der Waals surface area contributed by atoms with Crippen molar-refractivity contribution >= 4 is 19.9 Å². The van der Waals surface area contributed by atoms with Crippen molar-refractivity contribution in [1.29, 1.82) is 0 Å². The highest BCUT2D eigenvalue weighted by Crippen LogP contribution is 2.25. The first-order valence-corrected chi connectivity index (χ1v) is 11.4. The third kappa shape index (κ3) is 3.89. The molecule has 0 amide bonds. The zero-order chi connectivity index (χ0) is 18.9. The molecule has 3 rings (SSSR count). The van der Waals surface area contributed by atoms with Crippen LogP contribution in [0.1, 0.15) is 12.1 Å². The Morgan fingerprint density at radius 3 is 2.35 bits per heavy atom. The zero-order valence-electron chi connectivity index (χ0n) is 14.5. The van der Waals surface area contributed by atoms with Crippen molar-refractivity contribution in [3.8, 4) is 5.75 Å². The van der Waals surface area contributed by atoms with Crippen LogP contribution in [0.15, 0.2) is 52.4 Å². The summed E-state index contributed by atoms with van der Waals surface area (Å²) in [5, 5.41) is 0. The normalized spacial score (nSPS) is 18.8. The molecule has 140 valence electrons. The second-order valence-electron chi connectivity index (χ2n) is 6.22. The predicted octanol–water partition coefficient (Wildman–Crippen LogP) is 1.64. The van der Waals surface area contributed by atoms with Gasteiger partial charge < -0.3 is 4.74 Å². The topological polar surface area (TPSA) is 93.6 Å². The van der Waals surface area contributed by atoms with E-state index in [0.717, 1.165) is 11.9 Å². The van der Waals surface area contributed by atoms with Crippen LogP contribution in [-0.2, 0) is 19.9 Å². The Morgan fingerprint density at radius 1 is 1.08 bits per heavy atom. The van der Waals surface area contributed by atoms with Crippen molar-refractivity contribution in [3.05, 3.63) is 48.3 Å². The van der Waals surface area contributed by atoms with Crippen LogP contribution in [0, 0.1) is 6.92 Å². The lowest BCUT2D eigenvalue weighted by Crippen LogP contribution is -2.31. The molecule has 0 radical (unpaired) electrons. The number of nitrogens with zero attached hydrogens (tertiary/aromatic N) is 2. The number of aromatic nitrogens is 1. The van der Waals surface area contributed by atoms with Crippen molar-refractivity contribution < 1.29 is 21.6 Å². The van der Waals surface area contributed by atoms with Crippen molar-refractivity contribution in [3.63, 3.8) is 0 Å². The van der Waals surface area contributed by atoms with Gasteiger partial charge in [-0.15, -0.1) is 0 Å². The van der Waals surface area contributed by atoms with E-state index in [2.05, 4.69) is 4.98 Å². The van der Waals surface area contributed by atoms with E-state index in [1.54, 1.807) is 12.3 Å². The molecule has 7 nitrogen and oxygen atoms in total. The van der Waals surface area contributed by atoms with Crippen LogP contribution < -0.4 is 4.74 Å². The molecule has 0 unspecified atom stereocenters. The average molecular weight is 396 g/mol. The van der Waals surface area contributed by atoms with Crippen LogP contribution in [0.4, 0.5) is 0 Å². The minimum absolute atomic E-state index is 0.0723. The summed E-state index contributed by atoms with van der Waals surface area (Å²) < 4.78 is 55.8. The fourth-order valence-electron chi connectivity index (χ4n) is 2.79. The lowest BCUT2D eigenvalue weighted by atomic mass is 10.3. The number of benzene rings is 1. The third-order valence-electron chi connectivity index (χ3n) is 4.25. The number of aryl methyl sites for hydroxylation is 1. The molecular formula is C17H20N2O5S2. The summed E-state index contributed by atoms with van der Waals surface area (Å²) in [4.78, 5) is 4.32. The summed E-state index contributed by atoms with van der Waals surface area (Å²) in [5.41, 5.74) is 0.755. The Bertz CT molecular complexity index is 1000. The molecule has 1 aliphatic heterocycles. The maximum Gasteiger partial charge on any atom is 0.243 e. The molecule has 0 aliphatic carbocycles. The van der Waals surface area contributed by atoms with Gasteiger partial charge in [-0.2, -0.15) is 4.31 Å². The van der Waals surface area contributed by atoms with Crippen LogP contribution in [0.3, 0.4) is 0 Å². The molecule has 1 aliphatic rings. The Morgan fingerprint density at radius 2 is 1.73 bits per heavy atom. The van der Waals surface area contributed by atoms with Gasteiger partial charge in [0.1, 0.15) is 11.9 Å². The highest BCUT2D eigenvalue weighted by molar-refractivity contribution is 7.90. The molecule has 1 saturated heterocycles. The first kappa shape index (κ1) is 18.8. The van der Waals surface area contributed by atoms with Gasteiger partial charge in [-0.25, -0.2) is 16.8 Å². The fraction of sp³-hybridized carbons (Fsp3) is 0.353. The summed E-state index contributed by atoms with van der Waals surface area (Å²) in [5.74, 6) is 0.647. The van der Waals surface area contributed by atoms with Crippen molar-refractivity contribution in [2.45, 2.75) is 29.2 Å². The van der Waals surface area contributed by atoms with Crippen molar-refractivity contribution in [2.24, 2.45) is 0 Å². The maximum atomic E-state index is 12.8. The van der Waals surface area contributed by atoms with Crippen LogP contribution in [-0.4, -0.2) is 51.6 Å². The largest absolute Gasteiger partial charge is 0.487 e. The van der Waals surface area contributed by atoms with Gasteiger partial charge in [0.15, 0.2) is 9.84 Å². The maximum absolute atomic E-state index is 12.8. The Balaban J connectivity index is 1.74. The molecule has 0 bridgehead atoms. The molecular weight excluding hydrogens is 376 g/mol. The smallest absolute Gasteiger partial charge is 0.243 e. The molecule has 0 N–H and O–H groups in total. The second-order valence-corrected chi connectivity index (χ2v) is 10.2. The summed E-state index contributed by atoms with van der Waals surface area (Å²) >= 11 is 0.